The SMILES string of the molecule is C=C(/C(=N\N)C(F)(F)F)c1cnc(C(=O)Nc2ccc(C(=O)N3CCN(C(=O)C4CCNCC4)CC3)c(Cl)c2)n1C. The molecule has 2 aliphatic heterocycles. The molecule has 3 heterocycles. The van der Waals surface area contributed by atoms with Crippen LogP contribution in [0.1, 0.15) is 39.5 Å². The maximum Gasteiger partial charge on any atom is 0.435 e. The van der Waals surface area contributed by atoms with Gasteiger partial charge in [-0.25, -0.2) is 4.98 Å². The fourth-order valence-corrected chi connectivity index (χ4v) is 5.19. The van der Waals surface area contributed by atoms with E-state index in [2.05, 4.69) is 27.3 Å². The van der Waals surface area contributed by atoms with Crippen LogP contribution in [0.5, 0.6) is 0 Å². The van der Waals surface area contributed by atoms with Crippen LogP contribution < -0.4 is 16.5 Å². The second-order valence-electron chi connectivity index (χ2n) is 9.77. The number of piperazine rings is 1. The molecule has 3 amide bonds. The van der Waals surface area contributed by atoms with Crippen molar-refractivity contribution in [2.45, 2.75) is 19.0 Å². The summed E-state index contributed by atoms with van der Waals surface area (Å²) in [5.74, 6) is 3.83. The number of hydrogen-bond acceptors (Lipinski definition) is 7. The lowest BCUT2D eigenvalue weighted by Crippen LogP contribution is -2.52. The van der Waals surface area contributed by atoms with Crippen LogP contribution >= 0.6 is 11.6 Å². The van der Waals surface area contributed by atoms with E-state index in [1.54, 1.807) is 4.90 Å². The van der Waals surface area contributed by atoms with Crippen LogP contribution in [0.15, 0.2) is 36.1 Å². The third-order valence-corrected chi connectivity index (χ3v) is 7.52. The number of piperidine rings is 1. The summed E-state index contributed by atoms with van der Waals surface area (Å²) in [4.78, 5) is 46.1. The van der Waals surface area contributed by atoms with Gasteiger partial charge in [-0.15, -0.1) is 0 Å². The van der Waals surface area contributed by atoms with E-state index in [0.717, 1.165) is 36.7 Å². The fourth-order valence-electron chi connectivity index (χ4n) is 4.93. The van der Waals surface area contributed by atoms with Crippen molar-refractivity contribution in [2.24, 2.45) is 23.9 Å². The third kappa shape index (κ3) is 6.54. The van der Waals surface area contributed by atoms with Crippen molar-refractivity contribution < 1.29 is 27.6 Å². The molecule has 0 bridgehead atoms. The Morgan fingerprint density at radius 2 is 1.78 bits per heavy atom. The zero-order valence-corrected chi connectivity index (χ0v) is 23.1. The first-order valence-electron chi connectivity index (χ1n) is 12.9. The number of hydrogen-bond donors (Lipinski definition) is 3. The van der Waals surface area contributed by atoms with Gasteiger partial charge < -0.3 is 30.8 Å². The molecule has 0 atom stereocenters. The molecule has 2 aliphatic rings. The first-order valence-corrected chi connectivity index (χ1v) is 13.3. The first-order chi connectivity index (χ1) is 19.4. The molecular weight excluding hydrogens is 565 g/mol. The number of hydrazone groups is 1. The van der Waals surface area contributed by atoms with Gasteiger partial charge in [0.05, 0.1) is 22.5 Å². The topological polar surface area (TPSA) is 138 Å². The number of allylic oxidation sites excluding steroid dienone is 1. The molecule has 220 valence electrons. The van der Waals surface area contributed by atoms with Crippen molar-refractivity contribution in [3.63, 3.8) is 0 Å². The van der Waals surface area contributed by atoms with Crippen molar-refractivity contribution in [1.29, 1.82) is 0 Å². The predicted octanol–water partition coefficient (Wildman–Crippen LogP) is 2.50. The van der Waals surface area contributed by atoms with E-state index in [4.69, 9.17) is 17.4 Å². The van der Waals surface area contributed by atoms with Gasteiger partial charge in [0.15, 0.2) is 11.5 Å². The van der Waals surface area contributed by atoms with Gasteiger partial charge in [0.1, 0.15) is 0 Å². The Bertz CT molecular complexity index is 1380. The number of carbonyl (C=O) groups excluding carboxylic acids is 3. The van der Waals surface area contributed by atoms with Crippen molar-refractivity contribution in [1.82, 2.24) is 24.7 Å². The molecule has 0 spiro atoms. The first kappa shape index (κ1) is 30.1. The summed E-state index contributed by atoms with van der Waals surface area (Å²) in [6.45, 7) is 6.69. The Kier molecular flexibility index (Phi) is 9.02. The van der Waals surface area contributed by atoms with Crippen molar-refractivity contribution >= 4 is 46.3 Å². The summed E-state index contributed by atoms with van der Waals surface area (Å²) < 4.78 is 40.6. The van der Waals surface area contributed by atoms with Gasteiger partial charge in [-0.05, 0) is 44.1 Å². The highest BCUT2D eigenvalue weighted by Crippen LogP contribution is 2.28. The average Bonchev–Trinajstić information content (AvgIpc) is 3.34. The molecule has 1 aromatic heterocycles. The summed E-state index contributed by atoms with van der Waals surface area (Å²) in [5, 5.41) is 8.70. The largest absolute Gasteiger partial charge is 0.435 e. The maximum atomic E-state index is 13.2. The van der Waals surface area contributed by atoms with Crippen LogP contribution in [0.2, 0.25) is 5.02 Å². The molecule has 0 aliphatic carbocycles. The average molecular weight is 595 g/mol. The highest BCUT2D eigenvalue weighted by molar-refractivity contribution is 6.34. The third-order valence-electron chi connectivity index (χ3n) is 7.21. The number of alkyl halides is 3. The summed E-state index contributed by atoms with van der Waals surface area (Å²) in [5.41, 5.74) is -1.56. The number of anilines is 1. The smallest absolute Gasteiger partial charge is 0.339 e. The molecule has 0 unspecified atom stereocenters. The zero-order valence-electron chi connectivity index (χ0n) is 22.3. The van der Waals surface area contributed by atoms with Crippen molar-refractivity contribution in [3.8, 4) is 0 Å². The lowest BCUT2D eigenvalue weighted by Gasteiger charge is -2.37. The monoisotopic (exact) mass is 594 g/mol. The molecule has 4 N–H and O–H groups in total. The van der Waals surface area contributed by atoms with Crippen LogP contribution in [0.3, 0.4) is 0 Å². The minimum Gasteiger partial charge on any atom is -0.339 e. The van der Waals surface area contributed by atoms with E-state index in [-0.39, 0.29) is 45.5 Å². The molecule has 15 heteroatoms. The number of carbonyl (C=O) groups is 3. The minimum absolute atomic E-state index is 0.0176. The Hall–Kier alpha value is -3.91. The van der Waals surface area contributed by atoms with Crippen molar-refractivity contribution in [2.75, 3.05) is 44.6 Å². The number of nitrogens with two attached hydrogens (primary N) is 1. The molecule has 41 heavy (non-hydrogen) atoms. The summed E-state index contributed by atoms with van der Waals surface area (Å²) in [6.07, 6.45) is -2.15. The van der Waals surface area contributed by atoms with Gasteiger partial charge in [-0.2, -0.15) is 18.3 Å². The fraction of sp³-hybridized carbons (Fsp3) is 0.423. The van der Waals surface area contributed by atoms with Crippen LogP contribution in [-0.2, 0) is 11.8 Å². The zero-order chi connectivity index (χ0) is 29.9. The number of nitrogens with zero attached hydrogens (tertiary/aromatic N) is 5. The van der Waals surface area contributed by atoms with Crippen LogP contribution in [0, 0.1) is 5.92 Å². The number of aromatic nitrogens is 2. The number of benzene rings is 1. The van der Waals surface area contributed by atoms with E-state index >= 15 is 0 Å². The van der Waals surface area contributed by atoms with Gasteiger partial charge in [0.2, 0.25) is 5.91 Å². The summed E-state index contributed by atoms with van der Waals surface area (Å²) in [7, 11) is 1.35. The summed E-state index contributed by atoms with van der Waals surface area (Å²) >= 11 is 6.39. The predicted molar refractivity (Wildman–Crippen MR) is 147 cm³/mol. The van der Waals surface area contributed by atoms with Crippen LogP contribution in [-0.4, -0.2) is 88.2 Å². The Balaban J connectivity index is 1.38. The van der Waals surface area contributed by atoms with E-state index < -0.39 is 23.4 Å². The number of halogens is 4. The highest BCUT2D eigenvalue weighted by atomic mass is 35.5. The number of amides is 3. The van der Waals surface area contributed by atoms with Crippen LogP contribution in [0.4, 0.5) is 18.9 Å². The van der Waals surface area contributed by atoms with Crippen molar-refractivity contribution in [3.05, 3.63) is 53.1 Å². The molecular formula is C26H30ClF3N8O3. The minimum atomic E-state index is -4.84. The number of imidazole rings is 1. The Morgan fingerprint density at radius 3 is 2.37 bits per heavy atom. The van der Waals surface area contributed by atoms with Gasteiger partial charge in [0.25, 0.3) is 11.8 Å². The standard InChI is InChI=1S/C26H30ClF3N8O3/c1-15(21(35-31)26(28,29)30)20-14-33-22(36(20)2)23(39)34-17-3-4-18(19(27)13-17)25(41)38-11-9-37(10-12-38)24(40)16-5-7-32-8-6-16/h3-4,13-14,16,32H,1,5-12,31H2,2H3,(H,34,39)/b35-21+. The maximum absolute atomic E-state index is 13.2. The highest BCUT2D eigenvalue weighted by Gasteiger charge is 2.39. The van der Waals surface area contributed by atoms with Gasteiger partial charge >= 0.3 is 6.18 Å². The molecule has 2 saturated heterocycles. The Labute approximate surface area is 239 Å². The van der Waals surface area contributed by atoms with E-state index in [1.165, 1.54) is 25.2 Å². The lowest BCUT2D eigenvalue weighted by atomic mass is 9.96. The van der Waals surface area contributed by atoms with E-state index in [0.29, 0.717) is 26.2 Å². The molecule has 1 aromatic carbocycles. The van der Waals surface area contributed by atoms with Gasteiger partial charge in [-0.3, -0.25) is 14.4 Å². The normalized spacial score (nSPS) is 17.0. The number of rotatable bonds is 6. The molecule has 2 aromatic rings. The number of nitrogens with one attached hydrogen (secondary N) is 2. The van der Waals surface area contributed by atoms with E-state index in [9.17, 15) is 27.6 Å². The molecule has 2 fully saturated rings. The molecule has 11 nitrogen and oxygen atoms in total. The second kappa shape index (κ2) is 12.3. The molecule has 0 radical (unpaired) electrons. The molecule has 0 saturated carbocycles. The summed E-state index contributed by atoms with van der Waals surface area (Å²) in [6, 6.07) is 4.36. The van der Waals surface area contributed by atoms with Gasteiger partial charge in [-0.1, -0.05) is 18.2 Å². The molecule has 4 rings (SSSR count). The van der Waals surface area contributed by atoms with Gasteiger partial charge in [0, 0.05) is 50.4 Å². The second-order valence-corrected chi connectivity index (χ2v) is 10.2. The lowest BCUT2D eigenvalue weighted by molar-refractivity contribution is -0.137. The van der Waals surface area contributed by atoms with Crippen LogP contribution in [0.25, 0.3) is 5.57 Å². The Morgan fingerprint density at radius 1 is 1.15 bits per heavy atom. The van der Waals surface area contributed by atoms with E-state index in [1.807, 2.05) is 4.90 Å². The quantitative estimate of drug-likeness (QED) is 0.267.